The van der Waals surface area contributed by atoms with E-state index in [9.17, 15) is 4.79 Å². The number of hydrogen-bond donors (Lipinski definition) is 1. The van der Waals surface area contributed by atoms with Crippen LogP contribution in [0.25, 0.3) is 0 Å². The Morgan fingerprint density at radius 1 is 1.33 bits per heavy atom. The van der Waals surface area contributed by atoms with Crippen molar-refractivity contribution in [2.45, 2.75) is 38.6 Å². The summed E-state index contributed by atoms with van der Waals surface area (Å²) in [7, 11) is 0. The smallest absolute Gasteiger partial charge is 0.239 e. The molecule has 1 aliphatic heterocycles. The molecule has 0 saturated carbocycles. The molecule has 1 fully saturated rings. The molecule has 5 nitrogen and oxygen atoms in total. The third kappa shape index (κ3) is 4.35. The number of amides is 1. The van der Waals surface area contributed by atoms with E-state index < -0.39 is 0 Å². The van der Waals surface area contributed by atoms with Crippen molar-refractivity contribution in [3.8, 4) is 12.1 Å². The Kier molecular flexibility index (Phi) is 6.18. The first-order chi connectivity index (χ1) is 8.69. The Morgan fingerprint density at radius 3 is 2.44 bits per heavy atom. The van der Waals surface area contributed by atoms with Crippen LogP contribution in [0.3, 0.4) is 0 Å². The molecule has 1 aliphatic rings. The van der Waals surface area contributed by atoms with Crippen LogP contribution in [0.2, 0.25) is 0 Å². The van der Waals surface area contributed by atoms with E-state index in [1.807, 2.05) is 12.1 Å². The SMILES string of the molecule is CC1CCNC(C(=O)N(CCC#N)CCC#N)C1. The largest absolute Gasteiger partial charge is 0.339 e. The summed E-state index contributed by atoms with van der Waals surface area (Å²) in [5, 5.41) is 20.4. The maximum atomic E-state index is 12.3. The highest BCUT2D eigenvalue weighted by Gasteiger charge is 2.27. The zero-order chi connectivity index (χ0) is 13.4. The van der Waals surface area contributed by atoms with E-state index in [4.69, 9.17) is 10.5 Å². The topological polar surface area (TPSA) is 79.9 Å². The number of carbonyl (C=O) groups is 1. The van der Waals surface area contributed by atoms with Crippen LogP contribution in [0, 0.1) is 28.6 Å². The monoisotopic (exact) mass is 248 g/mol. The van der Waals surface area contributed by atoms with Gasteiger partial charge in [-0.3, -0.25) is 4.79 Å². The summed E-state index contributed by atoms with van der Waals surface area (Å²) in [5.41, 5.74) is 0. The molecule has 2 atom stereocenters. The summed E-state index contributed by atoms with van der Waals surface area (Å²) < 4.78 is 0. The van der Waals surface area contributed by atoms with Crippen LogP contribution < -0.4 is 5.32 Å². The number of hydrogen-bond acceptors (Lipinski definition) is 4. The second-order valence-corrected chi connectivity index (χ2v) is 4.78. The lowest BCUT2D eigenvalue weighted by molar-refractivity contribution is -0.134. The summed E-state index contributed by atoms with van der Waals surface area (Å²) in [6.45, 7) is 3.85. The first-order valence-electron chi connectivity index (χ1n) is 6.45. The van der Waals surface area contributed by atoms with E-state index >= 15 is 0 Å². The molecule has 1 heterocycles. The summed E-state index contributed by atoms with van der Waals surface area (Å²) in [4.78, 5) is 13.9. The van der Waals surface area contributed by atoms with Crippen LogP contribution in [0.5, 0.6) is 0 Å². The fourth-order valence-corrected chi connectivity index (χ4v) is 2.22. The number of piperidine rings is 1. The second-order valence-electron chi connectivity index (χ2n) is 4.78. The van der Waals surface area contributed by atoms with Crippen molar-refractivity contribution < 1.29 is 4.79 Å². The van der Waals surface area contributed by atoms with Crippen LogP contribution in [0.4, 0.5) is 0 Å². The molecule has 1 amide bonds. The normalized spacial score (nSPS) is 22.8. The Morgan fingerprint density at radius 2 is 1.94 bits per heavy atom. The van der Waals surface area contributed by atoms with Crippen LogP contribution in [0.15, 0.2) is 0 Å². The predicted molar refractivity (Wildman–Crippen MR) is 67.2 cm³/mol. The molecule has 1 saturated heterocycles. The molecule has 0 aromatic carbocycles. The van der Waals surface area contributed by atoms with Gasteiger partial charge in [0.25, 0.3) is 0 Å². The van der Waals surface area contributed by atoms with E-state index in [2.05, 4.69) is 12.2 Å². The number of carbonyl (C=O) groups excluding carboxylic acids is 1. The van der Waals surface area contributed by atoms with Crippen LogP contribution in [-0.2, 0) is 4.79 Å². The minimum absolute atomic E-state index is 0.0343. The van der Waals surface area contributed by atoms with Crippen LogP contribution >= 0.6 is 0 Å². The van der Waals surface area contributed by atoms with Crippen molar-refractivity contribution >= 4 is 5.91 Å². The van der Waals surface area contributed by atoms with Crippen molar-refractivity contribution in [1.82, 2.24) is 10.2 Å². The number of rotatable bonds is 5. The molecule has 0 radical (unpaired) electrons. The lowest BCUT2D eigenvalue weighted by Crippen LogP contribution is -2.50. The van der Waals surface area contributed by atoms with Gasteiger partial charge in [0.2, 0.25) is 5.91 Å². The van der Waals surface area contributed by atoms with Gasteiger partial charge in [-0.15, -0.1) is 0 Å². The minimum Gasteiger partial charge on any atom is -0.339 e. The average molecular weight is 248 g/mol. The maximum Gasteiger partial charge on any atom is 0.239 e. The fourth-order valence-electron chi connectivity index (χ4n) is 2.22. The highest BCUT2D eigenvalue weighted by atomic mass is 16.2. The highest BCUT2D eigenvalue weighted by molar-refractivity contribution is 5.82. The number of nitrogens with zero attached hydrogens (tertiary/aromatic N) is 3. The van der Waals surface area contributed by atoms with Crippen molar-refractivity contribution in [1.29, 1.82) is 10.5 Å². The van der Waals surface area contributed by atoms with E-state index in [-0.39, 0.29) is 11.9 Å². The standard InChI is InChI=1S/C13H20N4O/c1-11-4-7-16-12(10-11)13(18)17(8-2-5-14)9-3-6-15/h11-12,16H,2-4,7-10H2,1H3. The van der Waals surface area contributed by atoms with E-state index in [1.54, 1.807) is 4.90 Å². The molecule has 0 bridgehead atoms. The second kappa shape index (κ2) is 7.68. The van der Waals surface area contributed by atoms with Gasteiger partial charge in [-0.1, -0.05) is 6.92 Å². The Balaban J connectivity index is 2.57. The lowest BCUT2D eigenvalue weighted by atomic mass is 9.93. The number of nitriles is 2. The van der Waals surface area contributed by atoms with Gasteiger partial charge in [0.15, 0.2) is 0 Å². The van der Waals surface area contributed by atoms with Crippen LogP contribution in [-0.4, -0.2) is 36.5 Å². The molecular weight excluding hydrogens is 228 g/mol. The van der Waals surface area contributed by atoms with Gasteiger partial charge in [0, 0.05) is 13.1 Å². The van der Waals surface area contributed by atoms with Crippen molar-refractivity contribution in [2.24, 2.45) is 5.92 Å². The molecular formula is C13H20N4O. The summed E-state index contributed by atoms with van der Waals surface area (Å²) in [6.07, 6.45) is 2.58. The molecule has 1 rings (SSSR count). The molecule has 98 valence electrons. The molecule has 0 aliphatic carbocycles. The first kappa shape index (κ1) is 14.5. The molecule has 2 unspecified atom stereocenters. The van der Waals surface area contributed by atoms with Crippen molar-refractivity contribution in [3.05, 3.63) is 0 Å². The van der Waals surface area contributed by atoms with Gasteiger partial charge in [-0.2, -0.15) is 10.5 Å². The zero-order valence-electron chi connectivity index (χ0n) is 10.9. The first-order valence-corrected chi connectivity index (χ1v) is 6.45. The third-order valence-corrected chi connectivity index (χ3v) is 3.26. The quantitative estimate of drug-likeness (QED) is 0.788. The highest BCUT2D eigenvalue weighted by Crippen LogP contribution is 2.16. The molecule has 18 heavy (non-hydrogen) atoms. The molecule has 1 N–H and O–H groups in total. The third-order valence-electron chi connectivity index (χ3n) is 3.26. The summed E-state index contributed by atoms with van der Waals surface area (Å²) in [6, 6.07) is 3.94. The molecule has 0 spiro atoms. The predicted octanol–water partition coefficient (Wildman–Crippen LogP) is 1.03. The minimum atomic E-state index is -0.147. The zero-order valence-corrected chi connectivity index (χ0v) is 10.9. The van der Waals surface area contributed by atoms with Gasteiger partial charge >= 0.3 is 0 Å². The number of nitrogens with one attached hydrogen (secondary N) is 1. The van der Waals surface area contributed by atoms with E-state index in [1.165, 1.54) is 0 Å². The average Bonchev–Trinajstić information content (AvgIpc) is 2.38. The molecule has 0 aromatic rings. The summed E-state index contributed by atoms with van der Waals surface area (Å²) >= 11 is 0. The van der Waals surface area contributed by atoms with Gasteiger partial charge < -0.3 is 10.2 Å². The van der Waals surface area contributed by atoms with Gasteiger partial charge in [0.05, 0.1) is 31.0 Å². The van der Waals surface area contributed by atoms with Crippen molar-refractivity contribution in [3.63, 3.8) is 0 Å². The van der Waals surface area contributed by atoms with Gasteiger partial charge in [-0.25, -0.2) is 0 Å². The van der Waals surface area contributed by atoms with Crippen molar-refractivity contribution in [2.75, 3.05) is 19.6 Å². The Bertz CT molecular complexity index is 337. The maximum absolute atomic E-state index is 12.3. The fraction of sp³-hybridized carbons (Fsp3) is 0.769. The van der Waals surface area contributed by atoms with Crippen LogP contribution in [0.1, 0.15) is 32.6 Å². The van der Waals surface area contributed by atoms with E-state index in [0.29, 0.717) is 31.8 Å². The Hall–Kier alpha value is -1.59. The van der Waals surface area contributed by atoms with Gasteiger partial charge in [-0.05, 0) is 25.3 Å². The molecule has 5 heteroatoms. The summed E-state index contributed by atoms with van der Waals surface area (Å²) in [5.74, 6) is 0.584. The van der Waals surface area contributed by atoms with E-state index in [0.717, 1.165) is 19.4 Å². The van der Waals surface area contributed by atoms with Gasteiger partial charge in [0.1, 0.15) is 0 Å². The lowest BCUT2D eigenvalue weighted by Gasteiger charge is -2.31. The molecule has 0 aromatic heterocycles. The Labute approximate surface area is 108 Å².